The van der Waals surface area contributed by atoms with Crippen LogP contribution in [0.1, 0.15) is 32.6 Å². The van der Waals surface area contributed by atoms with E-state index < -0.39 is 6.04 Å². The third-order valence-corrected chi connectivity index (χ3v) is 3.08. The van der Waals surface area contributed by atoms with E-state index in [9.17, 15) is 4.79 Å². The van der Waals surface area contributed by atoms with Crippen molar-refractivity contribution >= 4 is 5.97 Å². The first-order valence-corrected chi connectivity index (χ1v) is 4.98. The van der Waals surface area contributed by atoms with E-state index in [0.717, 1.165) is 12.3 Å². The fourth-order valence-electron chi connectivity index (χ4n) is 1.85. The molecule has 1 rings (SSSR count). The highest BCUT2D eigenvalue weighted by Gasteiger charge is 2.27. The second-order valence-corrected chi connectivity index (χ2v) is 4.03. The Morgan fingerprint density at radius 3 is 2.62 bits per heavy atom. The molecule has 76 valence electrons. The maximum absolute atomic E-state index is 11.0. The zero-order valence-corrected chi connectivity index (χ0v) is 8.45. The summed E-state index contributed by atoms with van der Waals surface area (Å²) in [5, 5.41) is 0. The molecule has 0 aromatic carbocycles. The molecule has 3 heteroatoms. The van der Waals surface area contributed by atoms with Crippen molar-refractivity contribution in [2.24, 2.45) is 17.6 Å². The molecule has 0 aromatic heterocycles. The zero-order valence-electron chi connectivity index (χ0n) is 8.45. The Kier molecular flexibility index (Phi) is 3.72. The standard InChI is InChI=1S/C10H19NO2/c1-7(8-4-3-5-8)6-9(11)10(12)13-2/h7-9H,3-6,11H2,1-2H3. The zero-order chi connectivity index (χ0) is 9.84. The van der Waals surface area contributed by atoms with Gasteiger partial charge in [-0.05, 0) is 18.3 Å². The number of hydrogen-bond acceptors (Lipinski definition) is 3. The van der Waals surface area contributed by atoms with Gasteiger partial charge in [-0.15, -0.1) is 0 Å². The Morgan fingerprint density at radius 1 is 1.62 bits per heavy atom. The van der Waals surface area contributed by atoms with Gasteiger partial charge in [0.2, 0.25) is 0 Å². The molecule has 0 aromatic rings. The molecule has 0 radical (unpaired) electrons. The Balaban J connectivity index is 2.25. The molecule has 0 spiro atoms. The number of rotatable bonds is 4. The van der Waals surface area contributed by atoms with E-state index in [4.69, 9.17) is 5.73 Å². The van der Waals surface area contributed by atoms with Crippen LogP contribution in [0.3, 0.4) is 0 Å². The highest BCUT2D eigenvalue weighted by Crippen LogP contribution is 2.35. The number of methoxy groups -OCH3 is 1. The monoisotopic (exact) mass is 185 g/mol. The van der Waals surface area contributed by atoms with E-state index in [1.807, 2.05) is 0 Å². The summed E-state index contributed by atoms with van der Waals surface area (Å²) < 4.78 is 4.58. The lowest BCUT2D eigenvalue weighted by Crippen LogP contribution is -2.35. The van der Waals surface area contributed by atoms with E-state index in [-0.39, 0.29) is 5.97 Å². The van der Waals surface area contributed by atoms with Gasteiger partial charge in [-0.25, -0.2) is 0 Å². The van der Waals surface area contributed by atoms with Crippen LogP contribution in [0.5, 0.6) is 0 Å². The first kappa shape index (κ1) is 10.5. The van der Waals surface area contributed by atoms with Gasteiger partial charge in [-0.2, -0.15) is 0 Å². The maximum Gasteiger partial charge on any atom is 0.322 e. The van der Waals surface area contributed by atoms with Gasteiger partial charge in [-0.3, -0.25) is 4.79 Å². The van der Waals surface area contributed by atoms with E-state index in [1.165, 1.54) is 26.4 Å². The molecule has 3 nitrogen and oxygen atoms in total. The predicted molar refractivity (Wildman–Crippen MR) is 51.1 cm³/mol. The molecule has 1 aliphatic carbocycles. The minimum atomic E-state index is -0.430. The van der Waals surface area contributed by atoms with Gasteiger partial charge in [0.05, 0.1) is 7.11 Å². The summed E-state index contributed by atoms with van der Waals surface area (Å²) in [6.07, 6.45) is 4.70. The molecule has 2 atom stereocenters. The van der Waals surface area contributed by atoms with Gasteiger partial charge in [0.25, 0.3) is 0 Å². The fourth-order valence-corrected chi connectivity index (χ4v) is 1.85. The topological polar surface area (TPSA) is 52.3 Å². The van der Waals surface area contributed by atoms with Gasteiger partial charge in [0, 0.05) is 0 Å². The van der Waals surface area contributed by atoms with Crippen LogP contribution in [-0.2, 0) is 9.53 Å². The second kappa shape index (κ2) is 4.61. The van der Waals surface area contributed by atoms with Crippen molar-refractivity contribution in [3.05, 3.63) is 0 Å². The molecule has 0 amide bonds. The van der Waals surface area contributed by atoms with Gasteiger partial charge in [0.1, 0.15) is 6.04 Å². The van der Waals surface area contributed by atoms with E-state index >= 15 is 0 Å². The molecule has 0 aliphatic heterocycles. The minimum absolute atomic E-state index is 0.286. The number of nitrogens with two attached hydrogens (primary N) is 1. The molecule has 13 heavy (non-hydrogen) atoms. The molecular formula is C10H19NO2. The van der Waals surface area contributed by atoms with Crippen LogP contribution in [-0.4, -0.2) is 19.1 Å². The van der Waals surface area contributed by atoms with Crippen molar-refractivity contribution < 1.29 is 9.53 Å². The fraction of sp³-hybridized carbons (Fsp3) is 0.900. The smallest absolute Gasteiger partial charge is 0.322 e. The summed E-state index contributed by atoms with van der Waals surface area (Å²) in [7, 11) is 1.39. The lowest BCUT2D eigenvalue weighted by molar-refractivity contribution is -0.142. The molecule has 2 N–H and O–H groups in total. The number of carbonyl (C=O) groups is 1. The third-order valence-electron chi connectivity index (χ3n) is 3.08. The second-order valence-electron chi connectivity index (χ2n) is 4.03. The lowest BCUT2D eigenvalue weighted by atomic mass is 9.74. The van der Waals surface area contributed by atoms with Crippen LogP contribution < -0.4 is 5.73 Å². The summed E-state index contributed by atoms with van der Waals surface area (Å²) in [6, 6.07) is -0.430. The van der Waals surface area contributed by atoms with E-state index in [0.29, 0.717) is 5.92 Å². The summed E-state index contributed by atoms with van der Waals surface area (Å²) in [5.41, 5.74) is 5.67. The van der Waals surface area contributed by atoms with Gasteiger partial charge < -0.3 is 10.5 Å². The number of ether oxygens (including phenoxy) is 1. The Labute approximate surface area is 79.6 Å². The molecule has 0 bridgehead atoms. The summed E-state index contributed by atoms with van der Waals surface area (Å²) in [5.74, 6) is 1.06. The van der Waals surface area contributed by atoms with Crippen molar-refractivity contribution in [1.29, 1.82) is 0 Å². The molecular weight excluding hydrogens is 166 g/mol. The highest BCUT2D eigenvalue weighted by atomic mass is 16.5. The first-order chi connectivity index (χ1) is 6.15. The quantitative estimate of drug-likeness (QED) is 0.672. The molecule has 1 fully saturated rings. The lowest BCUT2D eigenvalue weighted by Gasteiger charge is -2.32. The van der Waals surface area contributed by atoms with E-state index in [2.05, 4.69) is 11.7 Å². The van der Waals surface area contributed by atoms with Crippen LogP contribution in [0.2, 0.25) is 0 Å². The average molecular weight is 185 g/mol. The van der Waals surface area contributed by atoms with Gasteiger partial charge >= 0.3 is 5.97 Å². The number of carbonyl (C=O) groups excluding carboxylic acids is 1. The molecule has 0 heterocycles. The van der Waals surface area contributed by atoms with Crippen molar-refractivity contribution in [1.82, 2.24) is 0 Å². The van der Waals surface area contributed by atoms with Crippen molar-refractivity contribution in [3.63, 3.8) is 0 Å². The van der Waals surface area contributed by atoms with E-state index in [1.54, 1.807) is 0 Å². The minimum Gasteiger partial charge on any atom is -0.468 e. The van der Waals surface area contributed by atoms with Crippen LogP contribution in [0.15, 0.2) is 0 Å². The molecule has 1 saturated carbocycles. The summed E-state index contributed by atoms with van der Waals surface area (Å²) >= 11 is 0. The van der Waals surface area contributed by atoms with Crippen LogP contribution in [0.4, 0.5) is 0 Å². The Hall–Kier alpha value is -0.570. The SMILES string of the molecule is COC(=O)C(N)CC(C)C1CCC1. The molecule has 1 aliphatic rings. The average Bonchev–Trinajstić information content (AvgIpc) is 1.99. The van der Waals surface area contributed by atoms with Crippen molar-refractivity contribution in [2.45, 2.75) is 38.6 Å². The van der Waals surface area contributed by atoms with Crippen LogP contribution in [0, 0.1) is 11.8 Å². The van der Waals surface area contributed by atoms with Gasteiger partial charge in [-0.1, -0.05) is 26.2 Å². The third kappa shape index (κ3) is 2.69. The number of esters is 1. The van der Waals surface area contributed by atoms with Crippen molar-refractivity contribution in [2.75, 3.05) is 7.11 Å². The molecule has 0 saturated heterocycles. The van der Waals surface area contributed by atoms with Gasteiger partial charge in [0.15, 0.2) is 0 Å². The highest BCUT2D eigenvalue weighted by molar-refractivity contribution is 5.75. The first-order valence-electron chi connectivity index (χ1n) is 4.98. The van der Waals surface area contributed by atoms with Crippen molar-refractivity contribution in [3.8, 4) is 0 Å². The maximum atomic E-state index is 11.0. The van der Waals surface area contributed by atoms with Crippen LogP contribution >= 0.6 is 0 Å². The summed E-state index contributed by atoms with van der Waals surface area (Å²) in [4.78, 5) is 11.0. The predicted octanol–water partition coefficient (Wildman–Crippen LogP) is 1.31. The molecule has 2 unspecified atom stereocenters. The Bertz CT molecular complexity index is 178. The summed E-state index contributed by atoms with van der Waals surface area (Å²) in [6.45, 7) is 2.17. The normalized spacial score (nSPS) is 21.8. The van der Waals surface area contributed by atoms with Crippen LogP contribution in [0.25, 0.3) is 0 Å². The Morgan fingerprint density at radius 2 is 2.23 bits per heavy atom. The largest absolute Gasteiger partial charge is 0.468 e. The number of hydrogen-bond donors (Lipinski definition) is 1.